The Hall–Kier alpha value is -2.52. The van der Waals surface area contributed by atoms with Gasteiger partial charge in [-0.15, -0.1) is 0 Å². The zero-order valence-electron chi connectivity index (χ0n) is 15.5. The number of carbonyl (C=O) groups is 1. The molecule has 11 heteroatoms. The summed E-state index contributed by atoms with van der Waals surface area (Å²) < 4.78 is 42.1. The van der Waals surface area contributed by atoms with Crippen molar-refractivity contribution in [3.05, 3.63) is 63.7 Å². The molecule has 0 atom stereocenters. The Labute approximate surface area is 179 Å². The average molecular weight is 458 g/mol. The molecule has 0 radical (unpaired) electrons. The molecule has 1 saturated carbocycles. The smallest absolute Gasteiger partial charge is 0.322 e. The molecule has 0 unspecified atom stereocenters. The van der Waals surface area contributed by atoms with Gasteiger partial charge in [0.05, 0.1) is 29.1 Å². The number of benzene rings is 1. The van der Waals surface area contributed by atoms with Crippen LogP contribution in [0.15, 0.2) is 36.7 Å². The third kappa shape index (κ3) is 4.62. The molecule has 6 nitrogen and oxygen atoms in total. The minimum absolute atomic E-state index is 0.102. The van der Waals surface area contributed by atoms with E-state index >= 15 is 0 Å². The standard InChI is InChI=1S/C19H16Cl2F3N5O/c20-13-3-1-2-11(6-13)8-28-9-14(7-25-28)26-15(30)10-29-17(12-4-5-12)16(21)18(27-29)19(22,23)24/h1-3,6-7,9,12H,4-5,8,10H2,(H,26,30). The van der Waals surface area contributed by atoms with Crippen molar-refractivity contribution in [1.82, 2.24) is 19.6 Å². The van der Waals surface area contributed by atoms with Crippen molar-refractivity contribution in [2.24, 2.45) is 0 Å². The number of hydrogen-bond donors (Lipinski definition) is 1. The van der Waals surface area contributed by atoms with E-state index in [9.17, 15) is 18.0 Å². The second-order valence-corrected chi connectivity index (χ2v) is 7.90. The summed E-state index contributed by atoms with van der Waals surface area (Å²) in [6.07, 6.45) is -0.148. The number of amides is 1. The summed E-state index contributed by atoms with van der Waals surface area (Å²) in [5, 5.41) is 10.5. The van der Waals surface area contributed by atoms with Crippen LogP contribution in [-0.2, 0) is 24.1 Å². The molecule has 1 aliphatic rings. The molecule has 30 heavy (non-hydrogen) atoms. The Morgan fingerprint density at radius 3 is 2.70 bits per heavy atom. The van der Waals surface area contributed by atoms with E-state index in [-0.39, 0.29) is 18.2 Å². The van der Waals surface area contributed by atoms with Crippen molar-refractivity contribution < 1.29 is 18.0 Å². The summed E-state index contributed by atoms with van der Waals surface area (Å²) in [4.78, 5) is 12.4. The van der Waals surface area contributed by atoms with Gasteiger partial charge in [0.15, 0.2) is 5.69 Å². The molecule has 1 aromatic carbocycles. The number of hydrogen-bond acceptors (Lipinski definition) is 3. The molecule has 3 aromatic rings. The predicted octanol–water partition coefficient (Wildman–Crippen LogP) is 4.97. The van der Waals surface area contributed by atoms with Crippen molar-refractivity contribution in [2.45, 2.75) is 38.0 Å². The normalized spacial score (nSPS) is 14.2. The van der Waals surface area contributed by atoms with Gasteiger partial charge in [-0.1, -0.05) is 35.3 Å². The quantitative estimate of drug-likeness (QED) is 0.568. The fraction of sp³-hybridized carbons (Fsp3) is 0.316. The molecular weight excluding hydrogens is 442 g/mol. The van der Waals surface area contributed by atoms with Crippen molar-refractivity contribution in [2.75, 3.05) is 5.32 Å². The van der Waals surface area contributed by atoms with E-state index in [1.165, 1.54) is 6.20 Å². The van der Waals surface area contributed by atoms with Gasteiger partial charge < -0.3 is 5.32 Å². The van der Waals surface area contributed by atoms with Gasteiger partial charge in [-0.05, 0) is 30.5 Å². The minimum atomic E-state index is -4.68. The predicted molar refractivity (Wildman–Crippen MR) is 106 cm³/mol. The third-order valence-corrected chi connectivity index (χ3v) is 5.22. The van der Waals surface area contributed by atoms with E-state index < -0.39 is 22.8 Å². The fourth-order valence-electron chi connectivity index (χ4n) is 3.18. The first kappa shape index (κ1) is 20.7. The Morgan fingerprint density at radius 1 is 1.27 bits per heavy atom. The van der Waals surface area contributed by atoms with Gasteiger partial charge in [0.2, 0.25) is 5.91 Å². The zero-order valence-corrected chi connectivity index (χ0v) is 17.0. The van der Waals surface area contributed by atoms with Crippen LogP contribution in [-0.4, -0.2) is 25.5 Å². The number of anilines is 1. The maximum Gasteiger partial charge on any atom is 0.436 e. The largest absolute Gasteiger partial charge is 0.436 e. The molecule has 0 spiro atoms. The number of nitrogens with zero attached hydrogens (tertiary/aromatic N) is 4. The van der Waals surface area contributed by atoms with Gasteiger partial charge in [-0.3, -0.25) is 14.2 Å². The Kier molecular flexibility index (Phi) is 5.50. The van der Waals surface area contributed by atoms with Crippen LogP contribution in [0.25, 0.3) is 0 Å². The molecule has 0 bridgehead atoms. The molecule has 4 rings (SSSR count). The van der Waals surface area contributed by atoms with Crippen LogP contribution in [0.1, 0.15) is 35.7 Å². The summed E-state index contributed by atoms with van der Waals surface area (Å²) in [5.74, 6) is -0.624. The van der Waals surface area contributed by atoms with E-state index in [0.717, 1.165) is 23.1 Å². The number of nitrogens with one attached hydrogen (secondary N) is 1. The van der Waals surface area contributed by atoms with Gasteiger partial charge in [0.25, 0.3) is 0 Å². The van der Waals surface area contributed by atoms with E-state index in [1.54, 1.807) is 23.0 Å². The SMILES string of the molecule is O=C(Cn1nc(C(F)(F)F)c(Cl)c1C1CC1)Nc1cnn(Cc2cccc(Cl)c2)c1. The van der Waals surface area contributed by atoms with E-state index in [0.29, 0.717) is 17.3 Å². The monoisotopic (exact) mass is 457 g/mol. The van der Waals surface area contributed by atoms with Gasteiger partial charge in [0, 0.05) is 17.1 Å². The highest BCUT2D eigenvalue weighted by Crippen LogP contribution is 2.46. The lowest BCUT2D eigenvalue weighted by Gasteiger charge is -2.07. The van der Waals surface area contributed by atoms with Crippen molar-refractivity contribution in [1.29, 1.82) is 0 Å². The van der Waals surface area contributed by atoms with Crippen LogP contribution in [0, 0.1) is 0 Å². The first-order valence-electron chi connectivity index (χ1n) is 9.11. The molecule has 1 aliphatic carbocycles. The minimum Gasteiger partial charge on any atom is -0.322 e. The van der Waals surface area contributed by atoms with Crippen LogP contribution in [0.3, 0.4) is 0 Å². The number of halogens is 5. The van der Waals surface area contributed by atoms with Crippen LogP contribution >= 0.6 is 23.2 Å². The highest BCUT2D eigenvalue weighted by molar-refractivity contribution is 6.32. The average Bonchev–Trinajstić information content (AvgIpc) is 3.30. The lowest BCUT2D eigenvalue weighted by atomic mass is 10.2. The van der Waals surface area contributed by atoms with Gasteiger partial charge >= 0.3 is 6.18 Å². The van der Waals surface area contributed by atoms with Gasteiger partial charge in [-0.25, -0.2) is 0 Å². The lowest BCUT2D eigenvalue weighted by molar-refractivity contribution is -0.141. The second kappa shape index (κ2) is 7.96. The highest BCUT2D eigenvalue weighted by Gasteiger charge is 2.42. The fourth-order valence-corrected chi connectivity index (χ4v) is 3.78. The second-order valence-electron chi connectivity index (χ2n) is 7.08. The van der Waals surface area contributed by atoms with Crippen LogP contribution < -0.4 is 5.32 Å². The summed E-state index contributed by atoms with van der Waals surface area (Å²) in [7, 11) is 0. The topological polar surface area (TPSA) is 64.7 Å². The summed E-state index contributed by atoms with van der Waals surface area (Å²) in [6, 6.07) is 7.29. The number of rotatable bonds is 6. The summed E-state index contributed by atoms with van der Waals surface area (Å²) in [5.41, 5.74) is 0.455. The van der Waals surface area contributed by atoms with E-state index in [1.807, 2.05) is 12.1 Å². The summed E-state index contributed by atoms with van der Waals surface area (Å²) >= 11 is 11.9. The van der Waals surface area contributed by atoms with Gasteiger partial charge in [-0.2, -0.15) is 23.4 Å². The maximum absolute atomic E-state index is 13.1. The van der Waals surface area contributed by atoms with Crippen molar-refractivity contribution in [3.8, 4) is 0 Å². The van der Waals surface area contributed by atoms with E-state index in [4.69, 9.17) is 23.2 Å². The van der Waals surface area contributed by atoms with Crippen LogP contribution in [0.2, 0.25) is 10.0 Å². The van der Waals surface area contributed by atoms with Crippen LogP contribution in [0.5, 0.6) is 0 Å². The van der Waals surface area contributed by atoms with Crippen molar-refractivity contribution in [3.63, 3.8) is 0 Å². The molecule has 0 saturated heterocycles. The Balaban J connectivity index is 1.45. The lowest BCUT2D eigenvalue weighted by Crippen LogP contribution is -2.21. The number of carbonyl (C=O) groups excluding carboxylic acids is 1. The van der Waals surface area contributed by atoms with Crippen LogP contribution in [0.4, 0.5) is 18.9 Å². The van der Waals surface area contributed by atoms with Crippen molar-refractivity contribution >= 4 is 34.8 Å². The highest BCUT2D eigenvalue weighted by atomic mass is 35.5. The van der Waals surface area contributed by atoms with E-state index in [2.05, 4.69) is 15.5 Å². The molecule has 1 N–H and O–H groups in total. The summed E-state index contributed by atoms with van der Waals surface area (Å²) in [6.45, 7) is 0.0765. The van der Waals surface area contributed by atoms with Gasteiger partial charge in [0.1, 0.15) is 6.54 Å². The zero-order chi connectivity index (χ0) is 21.5. The third-order valence-electron chi connectivity index (χ3n) is 4.61. The number of aromatic nitrogens is 4. The molecule has 2 heterocycles. The molecule has 2 aromatic heterocycles. The first-order chi connectivity index (χ1) is 14.2. The molecule has 0 aliphatic heterocycles. The molecular formula is C19H16Cl2F3N5O. The molecule has 158 valence electrons. The first-order valence-corrected chi connectivity index (χ1v) is 9.86. The maximum atomic E-state index is 13.1. The Morgan fingerprint density at radius 2 is 2.03 bits per heavy atom. The molecule has 1 amide bonds. The number of alkyl halides is 3. The Bertz CT molecular complexity index is 1090. The molecule has 1 fully saturated rings.